The summed E-state index contributed by atoms with van der Waals surface area (Å²) in [7, 11) is 0. The van der Waals surface area contributed by atoms with Crippen LogP contribution in [0.15, 0.2) is 48.5 Å². The zero-order chi connectivity index (χ0) is 18.6. The Bertz CT molecular complexity index is 786. The molecule has 0 bridgehead atoms. The molecule has 0 heterocycles. The van der Waals surface area contributed by atoms with E-state index >= 15 is 0 Å². The third kappa shape index (κ3) is 3.87. The third-order valence-electron chi connectivity index (χ3n) is 5.40. The van der Waals surface area contributed by atoms with Crippen LogP contribution in [0.1, 0.15) is 70.9 Å². The van der Waals surface area contributed by atoms with Crippen LogP contribution in [-0.2, 0) is 6.42 Å². The van der Waals surface area contributed by atoms with Gasteiger partial charge in [0.25, 0.3) is 5.91 Å². The van der Waals surface area contributed by atoms with Crippen molar-refractivity contribution < 1.29 is 9.59 Å². The molecule has 1 N–H and O–H groups in total. The van der Waals surface area contributed by atoms with Gasteiger partial charge in [-0.15, -0.1) is 0 Å². The van der Waals surface area contributed by atoms with Gasteiger partial charge in [0.2, 0.25) is 0 Å². The second-order valence-electron chi connectivity index (χ2n) is 7.35. The van der Waals surface area contributed by atoms with E-state index in [2.05, 4.69) is 12.2 Å². The Morgan fingerprint density at radius 3 is 2.27 bits per heavy atom. The second kappa shape index (κ2) is 7.86. The number of hydrogen-bond donors (Lipinski definition) is 1. The van der Waals surface area contributed by atoms with Gasteiger partial charge in [-0.25, -0.2) is 0 Å². The highest BCUT2D eigenvalue weighted by Crippen LogP contribution is 2.32. The lowest BCUT2D eigenvalue weighted by Crippen LogP contribution is -2.55. The van der Waals surface area contributed by atoms with Gasteiger partial charge < -0.3 is 5.32 Å². The van der Waals surface area contributed by atoms with Gasteiger partial charge in [0.1, 0.15) is 5.54 Å². The van der Waals surface area contributed by atoms with E-state index in [9.17, 15) is 9.59 Å². The summed E-state index contributed by atoms with van der Waals surface area (Å²) in [5.74, 6) is -0.116. The first-order valence-corrected chi connectivity index (χ1v) is 9.57. The van der Waals surface area contributed by atoms with Crippen LogP contribution in [0.5, 0.6) is 0 Å². The van der Waals surface area contributed by atoms with Crippen molar-refractivity contribution >= 4 is 11.7 Å². The van der Waals surface area contributed by atoms with Crippen molar-refractivity contribution in [1.82, 2.24) is 5.32 Å². The highest BCUT2D eigenvalue weighted by atomic mass is 16.2. The van der Waals surface area contributed by atoms with Crippen LogP contribution in [-0.4, -0.2) is 17.2 Å². The summed E-state index contributed by atoms with van der Waals surface area (Å²) in [6.45, 7) is 4.07. The monoisotopic (exact) mass is 349 g/mol. The molecule has 0 radical (unpaired) electrons. The predicted octanol–water partition coefficient (Wildman–Crippen LogP) is 4.87. The molecule has 3 heteroatoms. The molecule has 3 rings (SSSR count). The fourth-order valence-corrected chi connectivity index (χ4v) is 3.81. The first-order chi connectivity index (χ1) is 12.5. The van der Waals surface area contributed by atoms with E-state index < -0.39 is 5.54 Å². The minimum absolute atomic E-state index is 0.0411. The molecule has 2 aromatic carbocycles. The number of rotatable bonds is 5. The van der Waals surface area contributed by atoms with Crippen LogP contribution in [0.2, 0.25) is 0 Å². The molecule has 1 fully saturated rings. The number of amides is 1. The molecule has 0 atom stereocenters. The molecule has 136 valence electrons. The number of carbonyl (C=O) groups is 2. The van der Waals surface area contributed by atoms with Gasteiger partial charge in [-0.1, -0.05) is 62.1 Å². The first-order valence-electron chi connectivity index (χ1n) is 9.57. The number of aryl methyl sites for hydroxylation is 2. The molecule has 3 nitrogen and oxygen atoms in total. The van der Waals surface area contributed by atoms with E-state index in [0.29, 0.717) is 24.0 Å². The first kappa shape index (κ1) is 18.4. The SMILES string of the molecule is CCc1ccc(C(=O)NC2(C(=O)c3cccc(C)c3)CCCCC2)cc1. The normalized spacial score (nSPS) is 16.1. The molecular weight excluding hydrogens is 322 g/mol. The summed E-state index contributed by atoms with van der Waals surface area (Å²) in [6.07, 6.45) is 5.40. The minimum Gasteiger partial charge on any atom is -0.339 e. The second-order valence-corrected chi connectivity index (χ2v) is 7.35. The zero-order valence-electron chi connectivity index (χ0n) is 15.7. The molecule has 0 saturated heterocycles. The summed E-state index contributed by atoms with van der Waals surface area (Å²) in [6, 6.07) is 15.3. The number of nitrogens with one attached hydrogen (secondary N) is 1. The molecule has 1 amide bonds. The average molecular weight is 349 g/mol. The van der Waals surface area contributed by atoms with E-state index in [1.54, 1.807) is 0 Å². The maximum atomic E-state index is 13.3. The smallest absolute Gasteiger partial charge is 0.252 e. The molecule has 1 aliphatic rings. The van der Waals surface area contributed by atoms with Crippen LogP contribution in [0.25, 0.3) is 0 Å². The van der Waals surface area contributed by atoms with Crippen molar-refractivity contribution in [1.29, 1.82) is 0 Å². The van der Waals surface area contributed by atoms with Gasteiger partial charge in [-0.05, 0) is 49.9 Å². The fourth-order valence-electron chi connectivity index (χ4n) is 3.81. The van der Waals surface area contributed by atoms with Crippen LogP contribution in [0.4, 0.5) is 0 Å². The molecule has 0 aliphatic heterocycles. The molecule has 0 aromatic heterocycles. The number of ketones is 1. The van der Waals surface area contributed by atoms with Crippen molar-refractivity contribution in [2.45, 2.75) is 57.9 Å². The summed E-state index contributed by atoms with van der Waals surface area (Å²) in [4.78, 5) is 26.2. The Morgan fingerprint density at radius 1 is 0.962 bits per heavy atom. The average Bonchev–Trinajstić information content (AvgIpc) is 2.68. The van der Waals surface area contributed by atoms with Gasteiger partial charge >= 0.3 is 0 Å². The van der Waals surface area contributed by atoms with E-state index in [-0.39, 0.29) is 11.7 Å². The summed E-state index contributed by atoms with van der Waals surface area (Å²) in [5, 5.41) is 3.12. The van der Waals surface area contributed by atoms with E-state index in [1.165, 1.54) is 5.56 Å². The lowest BCUT2D eigenvalue weighted by atomic mass is 9.76. The predicted molar refractivity (Wildman–Crippen MR) is 105 cm³/mol. The van der Waals surface area contributed by atoms with Crippen molar-refractivity contribution in [2.75, 3.05) is 0 Å². The topological polar surface area (TPSA) is 46.2 Å². The Kier molecular flexibility index (Phi) is 5.55. The van der Waals surface area contributed by atoms with Gasteiger partial charge in [0.15, 0.2) is 5.78 Å². The van der Waals surface area contributed by atoms with E-state index in [0.717, 1.165) is 31.2 Å². The molecule has 2 aromatic rings. The molecular formula is C23H27NO2. The summed E-state index contributed by atoms with van der Waals surface area (Å²) >= 11 is 0. The lowest BCUT2D eigenvalue weighted by Gasteiger charge is -2.37. The minimum atomic E-state index is -0.785. The molecule has 1 aliphatic carbocycles. The van der Waals surface area contributed by atoms with Crippen LogP contribution >= 0.6 is 0 Å². The van der Waals surface area contributed by atoms with E-state index in [4.69, 9.17) is 0 Å². The van der Waals surface area contributed by atoms with E-state index in [1.807, 2.05) is 55.5 Å². The molecule has 26 heavy (non-hydrogen) atoms. The third-order valence-corrected chi connectivity index (χ3v) is 5.40. The number of Topliss-reactive ketones (excluding diaryl/α,β-unsaturated/α-hetero) is 1. The Hall–Kier alpha value is -2.42. The fraction of sp³-hybridized carbons (Fsp3) is 0.391. The number of carbonyl (C=O) groups excluding carboxylic acids is 2. The van der Waals surface area contributed by atoms with Crippen LogP contribution in [0, 0.1) is 6.92 Å². The Morgan fingerprint density at radius 2 is 1.65 bits per heavy atom. The maximum Gasteiger partial charge on any atom is 0.252 e. The van der Waals surface area contributed by atoms with Crippen LogP contribution in [0.3, 0.4) is 0 Å². The van der Waals surface area contributed by atoms with Crippen molar-refractivity contribution in [3.05, 3.63) is 70.8 Å². The summed E-state index contributed by atoms with van der Waals surface area (Å²) in [5.41, 5.74) is 2.78. The van der Waals surface area contributed by atoms with Crippen molar-refractivity contribution in [2.24, 2.45) is 0 Å². The highest BCUT2D eigenvalue weighted by Gasteiger charge is 2.41. The maximum absolute atomic E-state index is 13.3. The quantitative estimate of drug-likeness (QED) is 0.783. The van der Waals surface area contributed by atoms with Crippen LogP contribution < -0.4 is 5.32 Å². The molecule has 0 unspecified atom stereocenters. The number of benzene rings is 2. The van der Waals surface area contributed by atoms with Crippen molar-refractivity contribution in [3.8, 4) is 0 Å². The molecule has 1 saturated carbocycles. The Labute approximate surface area is 155 Å². The summed E-state index contributed by atoms with van der Waals surface area (Å²) < 4.78 is 0. The highest BCUT2D eigenvalue weighted by molar-refractivity contribution is 6.07. The largest absolute Gasteiger partial charge is 0.339 e. The standard InChI is InChI=1S/C23H27NO2/c1-3-18-10-12-19(13-11-18)22(26)24-23(14-5-4-6-15-23)21(25)20-9-7-8-17(2)16-20/h7-13,16H,3-6,14-15H2,1-2H3,(H,24,26). The van der Waals surface area contributed by atoms with Gasteiger partial charge in [-0.2, -0.15) is 0 Å². The Balaban J connectivity index is 1.87. The molecule has 0 spiro atoms. The van der Waals surface area contributed by atoms with Crippen molar-refractivity contribution in [3.63, 3.8) is 0 Å². The number of hydrogen-bond acceptors (Lipinski definition) is 2. The van der Waals surface area contributed by atoms with Gasteiger partial charge in [0.05, 0.1) is 0 Å². The van der Waals surface area contributed by atoms with Gasteiger partial charge in [0, 0.05) is 11.1 Å². The van der Waals surface area contributed by atoms with Gasteiger partial charge in [-0.3, -0.25) is 9.59 Å². The zero-order valence-corrected chi connectivity index (χ0v) is 15.7. The lowest BCUT2D eigenvalue weighted by molar-refractivity contribution is 0.0714.